The number of aryl methyl sites for hydroxylation is 2. The van der Waals surface area contributed by atoms with E-state index in [2.05, 4.69) is 25.9 Å². The van der Waals surface area contributed by atoms with Crippen LogP contribution in [0.1, 0.15) is 17.8 Å². The molecule has 0 aliphatic rings. The molecule has 0 atom stereocenters. The number of pyridine rings is 1. The predicted octanol–water partition coefficient (Wildman–Crippen LogP) is 2.73. The van der Waals surface area contributed by atoms with Gasteiger partial charge < -0.3 is 9.88 Å². The zero-order valence-electron chi connectivity index (χ0n) is 13.6. The second-order valence-corrected chi connectivity index (χ2v) is 5.59. The van der Waals surface area contributed by atoms with Gasteiger partial charge in [0.1, 0.15) is 5.82 Å². The van der Waals surface area contributed by atoms with Crippen LogP contribution in [0.4, 0.5) is 0 Å². The van der Waals surface area contributed by atoms with Gasteiger partial charge in [0.2, 0.25) is 5.91 Å². The van der Waals surface area contributed by atoms with Crippen LogP contribution in [0.15, 0.2) is 54.9 Å². The van der Waals surface area contributed by atoms with Crippen LogP contribution in [0.3, 0.4) is 0 Å². The monoisotopic (exact) mass is 320 g/mol. The number of nitrogens with one attached hydrogen (secondary N) is 1. The SMILES string of the molecule is Cn1c(CCCNC(=O)/C=C\c2cccnc2)nc2ccccc21. The first-order chi connectivity index (χ1) is 11.7. The zero-order chi connectivity index (χ0) is 16.8. The second kappa shape index (κ2) is 7.55. The third kappa shape index (κ3) is 3.87. The Kier molecular flexibility index (Phi) is 5.01. The summed E-state index contributed by atoms with van der Waals surface area (Å²) in [6.45, 7) is 0.624. The van der Waals surface area contributed by atoms with Crippen LogP contribution in [-0.2, 0) is 18.3 Å². The molecule has 0 saturated heterocycles. The summed E-state index contributed by atoms with van der Waals surface area (Å²) in [5.41, 5.74) is 3.06. The van der Waals surface area contributed by atoms with E-state index in [-0.39, 0.29) is 5.91 Å². The van der Waals surface area contributed by atoms with Gasteiger partial charge in [-0.15, -0.1) is 0 Å². The highest BCUT2D eigenvalue weighted by Crippen LogP contribution is 2.14. The van der Waals surface area contributed by atoms with Gasteiger partial charge in [-0.2, -0.15) is 0 Å². The molecule has 0 unspecified atom stereocenters. The van der Waals surface area contributed by atoms with Crippen LogP contribution in [0, 0.1) is 0 Å². The number of hydrogen-bond donors (Lipinski definition) is 1. The Morgan fingerprint density at radius 2 is 2.12 bits per heavy atom. The van der Waals surface area contributed by atoms with Crippen molar-refractivity contribution in [3.8, 4) is 0 Å². The van der Waals surface area contributed by atoms with Gasteiger partial charge in [0.15, 0.2) is 0 Å². The Morgan fingerprint density at radius 1 is 1.25 bits per heavy atom. The van der Waals surface area contributed by atoms with E-state index in [0.29, 0.717) is 6.54 Å². The molecule has 0 fully saturated rings. The Morgan fingerprint density at radius 3 is 2.92 bits per heavy atom. The van der Waals surface area contributed by atoms with Crippen molar-refractivity contribution in [3.05, 3.63) is 66.3 Å². The van der Waals surface area contributed by atoms with Gasteiger partial charge in [0.25, 0.3) is 0 Å². The minimum atomic E-state index is -0.0937. The van der Waals surface area contributed by atoms with Crippen molar-refractivity contribution in [1.82, 2.24) is 19.9 Å². The van der Waals surface area contributed by atoms with E-state index in [9.17, 15) is 4.79 Å². The molecule has 1 N–H and O–H groups in total. The summed E-state index contributed by atoms with van der Waals surface area (Å²) >= 11 is 0. The standard InChI is InChI=1S/C19H20N4O/c1-23-17-8-3-2-7-16(17)22-18(23)9-5-13-21-19(24)11-10-15-6-4-12-20-14-15/h2-4,6-8,10-12,14H,5,9,13H2,1H3,(H,21,24)/b11-10-. The molecule has 1 amide bonds. The van der Waals surface area contributed by atoms with Crippen LogP contribution in [0.25, 0.3) is 17.1 Å². The third-order valence-corrected chi connectivity index (χ3v) is 3.87. The number of nitrogens with zero attached hydrogens (tertiary/aromatic N) is 3. The normalized spacial score (nSPS) is 11.2. The maximum absolute atomic E-state index is 11.8. The van der Waals surface area contributed by atoms with Gasteiger partial charge in [0, 0.05) is 38.5 Å². The number of aromatic nitrogens is 3. The van der Waals surface area contributed by atoms with E-state index in [1.807, 2.05) is 37.4 Å². The summed E-state index contributed by atoms with van der Waals surface area (Å²) < 4.78 is 2.11. The summed E-state index contributed by atoms with van der Waals surface area (Å²) in [6.07, 6.45) is 8.40. The average Bonchev–Trinajstić information content (AvgIpc) is 2.94. The Balaban J connectivity index is 1.47. The molecule has 0 bridgehead atoms. The first-order valence-corrected chi connectivity index (χ1v) is 8.00. The lowest BCUT2D eigenvalue weighted by molar-refractivity contribution is -0.116. The Bertz CT molecular complexity index is 852. The van der Waals surface area contributed by atoms with Crippen molar-refractivity contribution in [2.75, 3.05) is 6.54 Å². The van der Waals surface area contributed by atoms with Gasteiger partial charge in [0.05, 0.1) is 11.0 Å². The lowest BCUT2D eigenvalue weighted by atomic mass is 10.2. The molecule has 0 aliphatic heterocycles. The van der Waals surface area contributed by atoms with E-state index in [1.165, 1.54) is 6.08 Å². The molecule has 1 aromatic carbocycles. The molecule has 2 aromatic heterocycles. The first kappa shape index (κ1) is 15.9. The van der Waals surface area contributed by atoms with E-state index in [4.69, 9.17) is 0 Å². The van der Waals surface area contributed by atoms with Crippen molar-refractivity contribution in [2.45, 2.75) is 12.8 Å². The average molecular weight is 320 g/mol. The lowest BCUT2D eigenvalue weighted by Crippen LogP contribution is -2.22. The fourth-order valence-electron chi connectivity index (χ4n) is 2.58. The van der Waals surface area contributed by atoms with Crippen LogP contribution in [0.5, 0.6) is 0 Å². The maximum Gasteiger partial charge on any atom is 0.244 e. The number of carbonyl (C=O) groups excluding carboxylic acids is 1. The number of fused-ring (bicyclic) bond motifs is 1. The molecule has 3 rings (SSSR count). The predicted molar refractivity (Wildman–Crippen MR) is 95.3 cm³/mol. The van der Waals surface area contributed by atoms with E-state index in [0.717, 1.165) is 35.3 Å². The molecule has 0 saturated carbocycles. The van der Waals surface area contributed by atoms with Gasteiger partial charge in [-0.05, 0) is 36.3 Å². The minimum Gasteiger partial charge on any atom is -0.353 e. The summed E-state index contributed by atoms with van der Waals surface area (Å²) in [7, 11) is 2.03. The molecule has 2 heterocycles. The van der Waals surface area contributed by atoms with Crippen molar-refractivity contribution >= 4 is 23.0 Å². The summed E-state index contributed by atoms with van der Waals surface area (Å²) in [6, 6.07) is 11.8. The number of para-hydroxylation sites is 2. The second-order valence-electron chi connectivity index (χ2n) is 5.59. The summed E-state index contributed by atoms with van der Waals surface area (Å²) in [5.74, 6) is 0.945. The molecule has 122 valence electrons. The maximum atomic E-state index is 11.8. The summed E-state index contributed by atoms with van der Waals surface area (Å²) in [5, 5.41) is 2.89. The number of benzene rings is 1. The lowest BCUT2D eigenvalue weighted by Gasteiger charge is -2.03. The van der Waals surface area contributed by atoms with Crippen molar-refractivity contribution in [1.29, 1.82) is 0 Å². The molecule has 5 heteroatoms. The zero-order valence-corrected chi connectivity index (χ0v) is 13.6. The fourth-order valence-corrected chi connectivity index (χ4v) is 2.58. The number of carbonyl (C=O) groups is 1. The van der Waals surface area contributed by atoms with Crippen molar-refractivity contribution in [3.63, 3.8) is 0 Å². The molecule has 3 aromatic rings. The Hall–Kier alpha value is -2.95. The van der Waals surface area contributed by atoms with Gasteiger partial charge >= 0.3 is 0 Å². The van der Waals surface area contributed by atoms with Crippen molar-refractivity contribution < 1.29 is 4.79 Å². The third-order valence-electron chi connectivity index (χ3n) is 3.87. The largest absolute Gasteiger partial charge is 0.353 e. The number of imidazole rings is 1. The molecule has 0 radical (unpaired) electrons. The number of hydrogen-bond acceptors (Lipinski definition) is 3. The molecule has 5 nitrogen and oxygen atoms in total. The first-order valence-electron chi connectivity index (χ1n) is 8.00. The van der Waals surface area contributed by atoms with E-state index >= 15 is 0 Å². The van der Waals surface area contributed by atoms with Gasteiger partial charge in [-0.1, -0.05) is 18.2 Å². The van der Waals surface area contributed by atoms with Crippen LogP contribution >= 0.6 is 0 Å². The minimum absolute atomic E-state index is 0.0937. The molecular formula is C19H20N4O. The fraction of sp³-hybridized carbons (Fsp3) is 0.211. The Labute approximate surface area is 141 Å². The van der Waals surface area contributed by atoms with Gasteiger partial charge in [-0.25, -0.2) is 4.98 Å². The van der Waals surface area contributed by atoms with E-state index in [1.54, 1.807) is 18.5 Å². The topological polar surface area (TPSA) is 59.8 Å². The highest BCUT2D eigenvalue weighted by atomic mass is 16.1. The van der Waals surface area contributed by atoms with E-state index < -0.39 is 0 Å². The van der Waals surface area contributed by atoms with Crippen LogP contribution in [0.2, 0.25) is 0 Å². The highest BCUT2D eigenvalue weighted by Gasteiger charge is 2.06. The molecule has 0 spiro atoms. The molecular weight excluding hydrogens is 300 g/mol. The van der Waals surface area contributed by atoms with Crippen molar-refractivity contribution in [2.24, 2.45) is 7.05 Å². The smallest absolute Gasteiger partial charge is 0.244 e. The number of rotatable bonds is 6. The van der Waals surface area contributed by atoms with Crippen LogP contribution < -0.4 is 5.32 Å². The van der Waals surface area contributed by atoms with Gasteiger partial charge in [-0.3, -0.25) is 9.78 Å². The molecule has 0 aliphatic carbocycles. The molecule has 24 heavy (non-hydrogen) atoms. The number of amides is 1. The highest BCUT2D eigenvalue weighted by molar-refractivity contribution is 5.91. The summed E-state index contributed by atoms with van der Waals surface area (Å²) in [4.78, 5) is 20.4. The quantitative estimate of drug-likeness (QED) is 0.561. The van der Waals surface area contributed by atoms with Crippen LogP contribution in [-0.4, -0.2) is 27.0 Å².